The summed E-state index contributed by atoms with van der Waals surface area (Å²) in [6.45, 7) is 1.58. The number of methoxy groups -OCH3 is 2. The Balaban J connectivity index is 2.57. The maximum Gasteiger partial charge on any atom is 0.238 e. The van der Waals surface area contributed by atoms with Gasteiger partial charge in [-0.3, -0.25) is 9.69 Å². The molecule has 3 N–H and O–H groups in total. The maximum atomic E-state index is 11.9. The van der Waals surface area contributed by atoms with Gasteiger partial charge in [0.1, 0.15) is 5.75 Å². The lowest BCUT2D eigenvalue weighted by atomic mass is 10.2. The van der Waals surface area contributed by atoms with Crippen molar-refractivity contribution in [2.24, 2.45) is 0 Å². The highest BCUT2D eigenvalue weighted by Crippen LogP contribution is 2.26. The van der Waals surface area contributed by atoms with Crippen LogP contribution in [-0.2, 0) is 9.53 Å². The van der Waals surface area contributed by atoms with Crippen LogP contribution < -0.4 is 15.8 Å². The summed E-state index contributed by atoms with van der Waals surface area (Å²) in [6, 6.07) is 5.11. The van der Waals surface area contributed by atoms with Crippen LogP contribution in [0.15, 0.2) is 18.2 Å². The second kappa shape index (κ2) is 7.60. The molecule has 1 aromatic carbocycles. The molecule has 0 aromatic heterocycles. The van der Waals surface area contributed by atoms with Crippen LogP contribution in [0, 0.1) is 0 Å². The molecule has 0 saturated carbocycles. The van der Waals surface area contributed by atoms with Crippen LogP contribution in [-0.4, -0.2) is 51.8 Å². The third-order valence-corrected chi connectivity index (χ3v) is 2.59. The zero-order valence-electron chi connectivity index (χ0n) is 11.6. The number of nitrogens with zero attached hydrogens (tertiary/aromatic N) is 1. The van der Waals surface area contributed by atoms with Crippen LogP contribution in [0.4, 0.5) is 11.4 Å². The second-order valence-corrected chi connectivity index (χ2v) is 4.24. The van der Waals surface area contributed by atoms with Crippen LogP contribution >= 0.6 is 0 Å². The fraction of sp³-hybridized carbons (Fsp3) is 0.462. The average molecular weight is 267 g/mol. The lowest BCUT2D eigenvalue weighted by molar-refractivity contribution is -0.117. The number of nitrogens with two attached hydrogens (primary N) is 1. The Bertz CT molecular complexity index is 424. The van der Waals surface area contributed by atoms with Crippen LogP contribution in [0.1, 0.15) is 0 Å². The molecule has 0 fully saturated rings. The first-order valence-electron chi connectivity index (χ1n) is 5.97. The molecule has 6 heteroatoms. The van der Waals surface area contributed by atoms with Crippen LogP contribution in [0.2, 0.25) is 0 Å². The monoisotopic (exact) mass is 267 g/mol. The third kappa shape index (κ3) is 5.15. The Labute approximate surface area is 113 Å². The van der Waals surface area contributed by atoms with E-state index in [4.69, 9.17) is 15.2 Å². The number of ether oxygens (including phenoxy) is 2. The van der Waals surface area contributed by atoms with Gasteiger partial charge >= 0.3 is 0 Å². The Kier molecular flexibility index (Phi) is 6.11. The van der Waals surface area contributed by atoms with E-state index in [0.29, 0.717) is 30.3 Å². The van der Waals surface area contributed by atoms with Crippen molar-refractivity contribution in [1.29, 1.82) is 0 Å². The van der Waals surface area contributed by atoms with Gasteiger partial charge in [0.2, 0.25) is 5.91 Å². The van der Waals surface area contributed by atoms with E-state index < -0.39 is 0 Å². The van der Waals surface area contributed by atoms with E-state index in [1.807, 2.05) is 11.9 Å². The lowest BCUT2D eigenvalue weighted by Gasteiger charge is -2.16. The molecule has 106 valence electrons. The minimum absolute atomic E-state index is 0.110. The molecule has 0 aliphatic heterocycles. The number of likely N-dealkylation sites (N-methyl/N-ethyl adjacent to an activating group) is 1. The molecule has 19 heavy (non-hydrogen) atoms. The molecule has 0 unspecified atom stereocenters. The van der Waals surface area contributed by atoms with Crippen LogP contribution in [0.25, 0.3) is 0 Å². The average Bonchev–Trinajstić information content (AvgIpc) is 2.38. The first-order chi connectivity index (χ1) is 9.06. The van der Waals surface area contributed by atoms with E-state index in [-0.39, 0.29) is 12.5 Å². The molecule has 1 amide bonds. The molecule has 1 aromatic rings. The van der Waals surface area contributed by atoms with Crippen molar-refractivity contribution in [2.45, 2.75) is 0 Å². The largest absolute Gasteiger partial charge is 0.494 e. The van der Waals surface area contributed by atoms with Crippen molar-refractivity contribution in [3.8, 4) is 5.75 Å². The lowest BCUT2D eigenvalue weighted by Crippen LogP contribution is -2.32. The molecule has 0 aliphatic carbocycles. The van der Waals surface area contributed by atoms with Gasteiger partial charge in [-0.05, 0) is 19.2 Å². The van der Waals surface area contributed by atoms with Crippen LogP contribution in [0.3, 0.4) is 0 Å². The van der Waals surface area contributed by atoms with E-state index in [1.165, 1.54) is 7.11 Å². The molecular formula is C13H21N3O3. The molecule has 0 atom stereocenters. The second-order valence-electron chi connectivity index (χ2n) is 4.24. The topological polar surface area (TPSA) is 76.8 Å². The van der Waals surface area contributed by atoms with Gasteiger partial charge in [-0.1, -0.05) is 0 Å². The fourth-order valence-corrected chi connectivity index (χ4v) is 1.57. The number of anilines is 2. The zero-order valence-corrected chi connectivity index (χ0v) is 11.6. The molecule has 0 aliphatic rings. The molecule has 0 spiro atoms. The predicted octanol–water partition coefficient (Wildman–Crippen LogP) is 0.794. The smallest absolute Gasteiger partial charge is 0.238 e. The number of nitrogens with one attached hydrogen (secondary N) is 1. The highest BCUT2D eigenvalue weighted by Gasteiger charge is 2.10. The number of hydrogen-bond donors (Lipinski definition) is 2. The van der Waals surface area contributed by atoms with E-state index in [0.717, 1.165) is 0 Å². The quantitative estimate of drug-likeness (QED) is 0.714. The fourth-order valence-electron chi connectivity index (χ4n) is 1.57. The van der Waals surface area contributed by atoms with Gasteiger partial charge in [0.15, 0.2) is 0 Å². The number of carbonyl (C=O) groups excluding carboxylic acids is 1. The normalized spacial score (nSPS) is 10.5. The molecule has 0 heterocycles. The number of benzene rings is 1. The first-order valence-corrected chi connectivity index (χ1v) is 5.97. The van der Waals surface area contributed by atoms with Gasteiger partial charge in [0, 0.05) is 25.4 Å². The van der Waals surface area contributed by atoms with E-state index >= 15 is 0 Å². The molecule has 1 rings (SSSR count). The van der Waals surface area contributed by atoms with E-state index in [9.17, 15) is 4.79 Å². The van der Waals surface area contributed by atoms with Gasteiger partial charge in [0.25, 0.3) is 0 Å². The van der Waals surface area contributed by atoms with E-state index in [2.05, 4.69) is 5.32 Å². The molecule has 0 bridgehead atoms. The summed E-state index contributed by atoms with van der Waals surface area (Å²) in [4.78, 5) is 13.7. The summed E-state index contributed by atoms with van der Waals surface area (Å²) in [5.41, 5.74) is 6.86. The highest BCUT2D eigenvalue weighted by atomic mass is 16.5. The highest BCUT2D eigenvalue weighted by molar-refractivity contribution is 5.94. The summed E-state index contributed by atoms with van der Waals surface area (Å²) in [5.74, 6) is 0.439. The van der Waals surface area contributed by atoms with Crippen molar-refractivity contribution < 1.29 is 14.3 Å². The summed E-state index contributed by atoms with van der Waals surface area (Å²) in [6.07, 6.45) is 0. The summed E-state index contributed by atoms with van der Waals surface area (Å²) >= 11 is 0. The first kappa shape index (κ1) is 15.3. The standard InChI is InChI=1S/C13H21N3O3/c1-16(6-7-18-2)9-13(17)15-11-5-4-10(14)8-12(11)19-3/h4-5,8H,6-7,9,14H2,1-3H3,(H,15,17). The Morgan fingerprint density at radius 2 is 2.16 bits per heavy atom. The van der Waals surface area contributed by atoms with Crippen LogP contribution in [0.5, 0.6) is 5.75 Å². The molecular weight excluding hydrogens is 246 g/mol. The van der Waals surface area contributed by atoms with Crippen molar-refractivity contribution in [2.75, 3.05) is 52.0 Å². The maximum absolute atomic E-state index is 11.9. The molecule has 6 nitrogen and oxygen atoms in total. The Morgan fingerprint density at radius 1 is 1.42 bits per heavy atom. The van der Waals surface area contributed by atoms with Gasteiger partial charge < -0.3 is 20.5 Å². The summed E-state index contributed by atoms with van der Waals surface area (Å²) in [5, 5.41) is 2.79. The SMILES string of the molecule is COCCN(C)CC(=O)Nc1ccc(N)cc1OC. The minimum atomic E-state index is -0.110. The molecule has 0 radical (unpaired) electrons. The number of hydrogen-bond acceptors (Lipinski definition) is 5. The van der Waals surface area contributed by atoms with Gasteiger partial charge in [-0.2, -0.15) is 0 Å². The van der Waals surface area contributed by atoms with Gasteiger partial charge in [-0.25, -0.2) is 0 Å². The minimum Gasteiger partial charge on any atom is -0.494 e. The molecule has 0 saturated heterocycles. The number of nitrogen functional groups attached to an aromatic ring is 1. The van der Waals surface area contributed by atoms with Gasteiger partial charge in [-0.15, -0.1) is 0 Å². The predicted molar refractivity (Wildman–Crippen MR) is 75.4 cm³/mol. The Morgan fingerprint density at radius 3 is 2.79 bits per heavy atom. The van der Waals surface area contributed by atoms with Crippen molar-refractivity contribution in [1.82, 2.24) is 4.90 Å². The zero-order chi connectivity index (χ0) is 14.3. The third-order valence-electron chi connectivity index (χ3n) is 2.59. The van der Waals surface area contributed by atoms with E-state index in [1.54, 1.807) is 25.3 Å². The van der Waals surface area contributed by atoms with Gasteiger partial charge in [0.05, 0.1) is 25.9 Å². The Hall–Kier alpha value is -1.79. The summed E-state index contributed by atoms with van der Waals surface area (Å²) < 4.78 is 10.1. The van der Waals surface area contributed by atoms with Crippen molar-refractivity contribution in [3.63, 3.8) is 0 Å². The van der Waals surface area contributed by atoms with Crippen molar-refractivity contribution in [3.05, 3.63) is 18.2 Å². The number of carbonyl (C=O) groups is 1. The number of amides is 1. The summed E-state index contributed by atoms with van der Waals surface area (Å²) in [7, 11) is 5.03. The number of rotatable bonds is 7. The van der Waals surface area contributed by atoms with Crippen molar-refractivity contribution >= 4 is 17.3 Å².